The molecule has 0 saturated carbocycles. The van der Waals surface area contributed by atoms with Crippen LogP contribution in [0, 0.1) is 24.0 Å². The van der Waals surface area contributed by atoms with Crippen molar-refractivity contribution in [2.75, 3.05) is 0 Å². The van der Waals surface area contributed by atoms with Gasteiger partial charge in [-0.15, -0.1) is 0 Å². The van der Waals surface area contributed by atoms with E-state index in [9.17, 15) is 14.9 Å². The minimum Gasteiger partial charge on any atom is -0.457 e. The maximum absolute atomic E-state index is 13.5. The maximum atomic E-state index is 13.5. The molecule has 1 amide bonds. The monoisotopic (exact) mass is 523 g/mol. The Hall–Kier alpha value is -4.43. The molecule has 1 aliphatic rings. The van der Waals surface area contributed by atoms with E-state index in [0.717, 1.165) is 16.7 Å². The number of thioether (sulfide) groups is 1. The van der Waals surface area contributed by atoms with Crippen LogP contribution in [0.25, 0.3) is 17.4 Å². The predicted octanol–water partition coefficient (Wildman–Crippen LogP) is 7.14. The number of furan rings is 1. The van der Waals surface area contributed by atoms with Gasteiger partial charge in [-0.25, -0.2) is 0 Å². The molecule has 1 saturated heterocycles. The van der Waals surface area contributed by atoms with Gasteiger partial charge in [0.05, 0.1) is 22.9 Å². The summed E-state index contributed by atoms with van der Waals surface area (Å²) in [4.78, 5) is 31.5. The molecule has 3 aromatic carbocycles. The lowest BCUT2D eigenvalue weighted by Crippen LogP contribution is -2.28. The number of nitrogens with zero attached hydrogens (tertiary/aromatic N) is 3. The number of hydrogen-bond donors (Lipinski definition) is 0. The number of carbonyl (C=O) groups excluding carboxylic acids is 1. The quantitative estimate of drug-likeness (QED) is 0.146. The average molecular weight is 524 g/mol. The van der Waals surface area contributed by atoms with E-state index >= 15 is 0 Å². The molecule has 8 heteroatoms. The number of benzene rings is 3. The van der Waals surface area contributed by atoms with Crippen molar-refractivity contribution in [2.24, 2.45) is 4.99 Å². The number of rotatable bonds is 7. The fourth-order valence-corrected chi connectivity index (χ4v) is 5.12. The molecule has 5 rings (SSSR count). The zero-order valence-electron chi connectivity index (χ0n) is 21.0. The normalized spacial score (nSPS) is 15.5. The van der Waals surface area contributed by atoms with E-state index < -0.39 is 0 Å². The summed E-state index contributed by atoms with van der Waals surface area (Å²) in [5.74, 6) is 0.837. The van der Waals surface area contributed by atoms with Crippen molar-refractivity contribution in [1.29, 1.82) is 0 Å². The van der Waals surface area contributed by atoms with Crippen LogP contribution in [-0.4, -0.2) is 20.9 Å². The van der Waals surface area contributed by atoms with Gasteiger partial charge in [0.15, 0.2) is 5.17 Å². The highest BCUT2D eigenvalue weighted by atomic mass is 32.2. The van der Waals surface area contributed by atoms with Gasteiger partial charge in [0.2, 0.25) is 0 Å². The molecule has 4 aromatic rings. The molecule has 1 fully saturated rings. The van der Waals surface area contributed by atoms with Crippen LogP contribution >= 0.6 is 11.8 Å². The van der Waals surface area contributed by atoms with Crippen molar-refractivity contribution in [3.05, 3.63) is 128 Å². The van der Waals surface area contributed by atoms with Crippen LogP contribution in [0.15, 0.2) is 99.2 Å². The van der Waals surface area contributed by atoms with E-state index in [-0.39, 0.29) is 16.5 Å². The molecule has 0 spiro atoms. The summed E-state index contributed by atoms with van der Waals surface area (Å²) in [6, 6.07) is 26.6. The first-order chi connectivity index (χ1) is 18.4. The van der Waals surface area contributed by atoms with Crippen molar-refractivity contribution >= 4 is 34.6 Å². The third-order valence-electron chi connectivity index (χ3n) is 6.33. The largest absolute Gasteiger partial charge is 0.457 e. The van der Waals surface area contributed by atoms with Gasteiger partial charge in [0.1, 0.15) is 11.5 Å². The van der Waals surface area contributed by atoms with Crippen LogP contribution in [0.3, 0.4) is 0 Å². The van der Waals surface area contributed by atoms with Crippen LogP contribution in [-0.2, 0) is 17.9 Å². The standard InChI is InChI=1S/C30H25N3O4S/c1-20-15-24(16-26(21(20)2)33(35)36)27-14-13-25(37-27)17-28-29(34)32(19-23-11-7-4-8-12-23)30(38-28)31-18-22-9-5-3-6-10-22/h3-17H,18-19H2,1-2H3/b28-17-,31-30?. The summed E-state index contributed by atoms with van der Waals surface area (Å²) in [6.07, 6.45) is 1.70. The van der Waals surface area contributed by atoms with Gasteiger partial charge in [-0.1, -0.05) is 60.7 Å². The van der Waals surface area contributed by atoms with E-state index in [1.165, 1.54) is 17.8 Å². The van der Waals surface area contributed by atoms with E-state index in [2.05, 4.69) is 0 Å². The molecule has 0 unspecified atom stereocenters. The summed E-state index contributed by atoms with van der Waals surface area (Å²) in [5.41, 5.74) is 4.17. The summed E-state index contributed by atoms with van der Waals surface area (Å²) in [7, 11) is 0. The van der Waals surface area contributed by atoms with Gasteiger partial charge in [-0.2, -0.15) is 0 Å². The molecule has 0 atom stereocenters. The molecule has 0 bridgehead atoms. The van der Waals surface area contributed by atoms with Crippen LogP contribution in [0.5, 0.6) is 0 Å². The molecule has 1 aromatic heterocycles. The van der Waals surface area contributed by atoms with Crippen LogP contribution < -0.4 is 0 Å². The number of aryl methyl sites for hydroxylation is 1. The van der Waals surface area contributed by atoms with Crippen LogP contribution in [0.2, 0.25) is 0 Å². The molecule has 2 heterocycles. The average Bonchev–Trinajstić information content (AvgIpc) is 3.50. The van der Waals surface area contributed by atoms with Crippen molar-refractivity contribution in [1.82, 2.24) is 4.90 Å². The topological polar surface area (TPSA) is 89.0 Å². The molecule has 7 nitrogen and oxygen atoms in total. The number of carbonyl (C=O) groups is 1. The SMILES string of the molecule is Cc1cc(-c2ccc(/C=C3\SC(=NCc4ccccc4)N(Cc4ccccc4)C3=O)o2)cc([N+](=O)[O-])c1C. The number of amidine groups is 1. The van der Waals surface area contributed by atoms with Gasteiger partial charge >= 0.3 is 0 Å². The van der Waals surface area contributed by atoms with E-state index in [0.29, 0.717) is 45.8 Å². The van der Waals surface area contributed by atoms with Crippen molar-refractivity contribution in [3.63, 3.8) is 0 Å². The minimum atomic E-state index is -0.386. The van der Waals surface area contributed by atoms with E-state index in [4.69, 9.17) is 9.41 Å². The minimum absolute atomic E-state index is 0.0497. The third kappa shape index (κ3) is 5.45. The second-order valence-corrected chi connectivity index (χ2v) is 9.98. The Balaban J connectivity index is 1.44. The Labute approximate surface area is 224 Å². The van der Waals surface area contributed by atoms with Gasteiger partial charge < -0.3 is 4.42 Å². The van der Waals surface area contributed by atoms with Crippen molar-refractivity contribution in [2.45, 2.75) is 26.9 Å². The smallest absolute Gasteiger partial charge is 0.273 e. The third-order valence-corrected chi connectivity index (χ3v) is 7.38. The lowest BCUT2D eigenvalue weighted by atomic mass is 10.0. The highest BCUT2D eigenvalue weighted by Gasteiger charge is 2.33. The first-order valence-electron chi connectivity index (χ1n) is 12.1. The van der Waals surface area contributed by atoms with E-state index in [1.807, 2.05) is 73.7 Å². The molecule has 0 N–H and O–H groups in total. The summed E-state index contributed by atoms with van der Waals surface area (Å²) in [5, 5.41) is 12.1. The molecule has 0 aliphatic carbocycles. The number of hydrogen-bond acceptors (Lipinski definition) is 6. The Kier molecular flexibility index (Phi) is 7.24. The number of nitro groups is 1. The molecule has 0 radical (unpaired) electrons. The lowest BCUT2D eigenvalue weighted by Gasteiger charge is -2.15. The highest BCUT2D eigenvalue weighted by molar-refractivity contribution is 8.18. The highest BCUT2D eigenvalue weighted by Crippen LogP contribution is 2.36. The summed E-state index contributed by atoms with van der Waals surface area (Å²) < 4.78 is 6.00. The molecule has 190 valence electrons. The number of nitro benzene ring substituents is 1. The fraction of sp³-hybridized carbons (Fsp3) is 0.133. The molecular weight excluding hydrogens is 498 g/mol. The molecule has 38 heavy (non-hydrogen) atoms. The Morgan fingerprint density at radius 2 is 1.66 bits per heavy atom. The fourth-order valence-electron chi connectivity index (χ4n) is 4.16. The summed E-state index contributed by atoms with van der Waals surface area (Å²) in [6.45, 7) is 4.44. The van der Waals surface area contributed by atoms with Gasteiger partial charge in [-0.05, 0) is 60.5 Å². The van der Waals surface area contributed by atoms with Crippen molar-refractivity contribution in [3.8, 4) is 11.3 Å². The zero-order valence-corrected chi connectivity index (χ0v) is 21.8. The maximum Gasteiger partial charge on any atom is 0.273 e. The first-order valence-corrected chi connectivity index (χ1v) is 12.9. The predicted molar refractivity (Wildman–Crippen MR) is 150 cm³/mol. The Morgan fingerprint density at radius 1 is 0.974 bits per heavy atom. The second-order valence-electron chi connectivity index (χ2n) is 8.97. The van der Waals surface area contributed by atoms with E-state index in [1.54, 1.807) is 30.0 Å². The van der Waals surface area contributed by atoms with Gasteiger partial charge in [0.25, 0.3) is 11.6 Å². The molecular formula is C30H25N3O4S. The number of aliphatic imine (C=N–C) groups is 1. The van der Waals surface area contributed by atoms with Crippen LogP contribution in [0.4, 0.5) is 5.69 Å². The summed E-state index contributed by atoms with van der Waals surface area (Å²) >= 11 is 1.31. The number of amides is 1. The van der Waals surface area contributed by atoms with Crippen molar-refractivity contribution < 1.29 is 14.1 Å². The second kappa shape index (κ2) is 10.9. The van der Waals surface area contributed by atoms with Gasteiger partial charge in [-0.3, -0.25) is 24.8 Å². The molecule has 1 aliphatic heterocycles. The first kappa shape index (κ1) is 25.2. The Bertz CT molecular complexity index is 1560. The zero-order chi connectivity index (χ0) is 26.6. The lowest BCUT2D eigenvalue weighted by molar-refractivity contribution is -0.385. The van der Waals surface area contributed by atoms with Gasteiger partial charge in [0, 0.05) is 23.3 Å². The van der Waals surface area contributed by atoms with Crippen LogP contribution in [0.1, 0.15) is 28.0 Å². The Morgan fingerprint density at radius 3 is 2.34 bits per heavy atom.